The van der Waals surface area contributed by atoms with Crippen LogP contribution >= 0.6 is 11.5 Å². The summed E-state index contributed by atoms with van der Waals surface area (Å²) in [5.41, 5.74) is 0.334. The number of hydrogen-bond acceptors (Lipinski definition) is 6. The Labute approximate surface area is 90.6 Å². The molecular formula is C8H11N3O3S. The minimum absolute atomic E-state index is 0.0939. The van der Waals surface area contributed by atoms with Crippen LogP contribution in [0, 0.1) is 0 Å². The normalized spacial score (nSPS) is 21.7. The van der Waals surface area contributed by atoms with Crippen LogP contribution in [0.3, 0.4) is 0 Å². The van der Waals surface area contributed by atoms with Gasteiger partial charge in [0.05, 0.1) is 25.9 Å². The van der Waals surface area contributed by atoms with E-state index in [0.717, 1.165) is 11.5 Å². The van der Waals surface area contributed by atoms with Crippen molar-refractivity contribution in [3.05, 3.63) is 11.1 Å². The molecule has 1 N–H and O–H groups in total. The average Bonchev–Trinajstić information content (AvgIpc) is 2.81. The Morgan fingerprint density at radius 1 is 1.80 bits per heavy atom. The highest BCUT2D eigenvalue weighted by atomic mass is 32.1. The summed E-state index contributed by atoms with van der Waals surface area (Å²) >= 11 is 1.14. The minimum Gasteiger partial charge on any atom is -0.394 e. The maximum absolute atomic E-state index is 11.9. The zero-order valence-electron chi connectivity index (χ0n) is 8.00. The van der Waals surface area contributed by atoms with E-state index >= 15 is 0 Å². The molecular weight excluding hydrogens is 218 g/mol. The van der Waals surface area contributed by atoms with E-state index in [0.29, 0.717) is 25.5 Å². The van der Waals surface area contributed by atoms with Crippen molar-refractivity contribution in [1.82, 2.24) is 14.5 Å². The maximum Gasteiger partial charge on any atom is 0.275 e. The van der Waals surface area contributed by atoms with Gasteiger partial charge in [0.15, 0.2) is 5.69 Å². The molecule has 1 amide bonds. The van der Waals surface area contributed by atoms with Crippen LogP contribution in [0.1, 0.15) is 10.5 Å². The molecule has 0 bridgehead atoms. The zero-order chi connectivity index (χ0) is 10.7. The molecule has 1 aliphatic heterocycles. The number of amides is 1. The standard InChI is InChI=1S/C8H11N3O3S/c12-3-6-4-14-2-1-11(6)8(13)7-5-15-10-9-7/h5-6,12H,1-4H2. The summed E-state index contributed by atoms with van der Waals surface area (Å²) in [6, 6.07) is -0.270. The highest BCUT2D eigenvalue weighted by Crippen LogP contribution is 2.11. The largest absolute Gasteiger partial charge is 0.394 e. The summed E-state index contributed by atoms with van der Waals surface area (Å²) in [5.74, 6) is -0.189. The first-order valence-electron chi connectivity index (χ1n) is 4.59. The molecule has 1 saturated heterocycles. The van der Waals surface area contributed by atoms with Crippen molar-refractivity contribution in [3.8, 4) is 0 Å². The fraction of sp³-hybridized carbons (Fsp3) is 0.625. The van der Waals surface area contributed by atoms with Crippen molar-refractivity contribution in [2.24, 2.45) is 0 Å². The molecule has 7 heteroatoms. The molecule has 0 aliphatic carbocycles. The molecule has 1 fully saturated rings. The highest BCUT2D eigenvalue weighted by Gasteiger charge is 2.28. The van der Waals surface area contributed by atoms with E-state index in [1.165, 1.54) is 0 Å². The predicted molar refractivity (Wildman–Crippen MR) is 52.6 cm³/mol. The van der Waals surface area contributed by atoms with Crippen LogP contribution in [0.15, 0.2) is 5.38 Å². The summed E-state index contributed by atoms with van der Waals surface area (Å²) in [4.78, 5) is 13.5. The van der Waals surface area contributed by atoms with Gasteiger partial charge in [-0.25, -0.2) is 0 Å². The lowest BCUT2D eigenvalue weighted by Gasteiger charge is -2.33. The molecule has 15 heavy (non-hydrogen) atoms. The fourth-order valence-corrected chi connectivity index (χ4v) is 1.91. The molecule has 1 aliphatic rings. The molecule has 2 rings (SSSR count). The van der Waals surface area contributed by atoms with E-state index in [9.17, 15) is 4.79 Å². The predicted octanol–water partition coefficient (Wildman–Crippen LogP) is -0.629. The molecule has 2 heterocycles. The van der Waals surface area contributed by atoms with Gasteiger partial charge in [-0.1, -0.05) is 4.49 Å². The monoisotopic (exact) mass is 229 g/mol. The molecule has 1 aromatic heterocycles. The SMILES string of the molecule is O=C(c1csnn1)N1CCOCC1CO. The summed E-state index contributed by atoms with van der Waals surface area (Å²) in [5, 5.41) is 14.4. The molecule has 1 atom stereocenters. The van der Waals surface area contributed by atoms with Gasteiger partial charge in [-0.05, 0) is 11.5 Å². The Balaban J connectivity index is 2.11. The van der Waals surface area contributed by atoms with E-state index in [4.69, 9.17) is 9.84 Å². The van der Waals surface area contributed by atoms with E-state index in [1.54, 1.807) is 10.3 Å². The number of hydrogen-bond donors (Lipinski definition) is 1. The number of morpholine rings is 1. The maximum atomic E-state index is 11.9. The van der Waals surface area contributed by atoms with Crippen LogP contribution < -0.4 is 0 Å². The molecule has 0 saturated carbocycles. The van der Waals surface area contributed by atoms with Crippen LogP contribution in [0.5, 0.6) is 0 Å². The topological polar surface area (TPSA) is 75.6 Å². The molecule has 82 valence electrons. The molecule has 6 nitrogen and oxygen atoms in total. The molecule has 1 unspecified atom stereocenters. The Kier molecular flexibility index (Phi) is 3.24. The first-order valence-corrected chi connectivity index (χ1v) is 5.43. The van der Waals surface area contributed by atoms with Gasteiger partial charge in [-0.15, -0.1) is 5.10 Å². The summed E-state index contributed by atoms with van der Waals surface area (Å²) in [6.45, 7) is 1.27. The second kappa shape index (κ2) is 4.65. The summed E-state index contributed by atoms with van der Waals surface area (Å²) < 4.78 is 8.82. The van der Waals surface area contributed by atoms with Gasteiger partial charge in [0.1, 0.15) is 0 Å². The zero-order valence-corrected chi connectivity index (χ0v) is 8.81. The number of rotatable bonds is 2. The number of carbonyl (C=O) groups is 1. The first-order chi connectivity index (χ1) is 7.33. The van der Waals surface area contributed by atoms with Gasteiger partial charge in [0, 0.05) is 11.9 Å². The van der Waals surface area contributed by atoms with E-state index < -0.39 is 0 Å². The Bertz CT molecular complexity index is 330. The van der Waals surface area contributed by atoms with Gasteiger partial charge in [0.2, 0.25) is 0 Å². The number of carbonyl (C=O) groups excluding carboxylic acids is 1. The van der Waals surface area contributed by atoms with E-state index in [2.05, 4.69) is 9.59 Å². The van der Waals surface area contributed by atoms with Crippen molar-refractivity contribution in [1.29, 1.82) is 0 Å². The highest BCUT2D eigenvalue weighted by molar-refractivity contribution is 7.03. The van der Waals surface area contributed by atoms with Gasteiger partial charge in [0.25, 0.3) is 5.91 Å². The van der Waals surface area contributed by atoms with Crippen molar-refractivity contribution in [2.45, 2.75) is 6.04 Å². The van der Waals surface area contributed by atoms with Gasteiger partial charge in [-0.2, -0.15) is 0 Å². The number of nitrogens with zero attached hydrogens (tertiary/aromatic N) is 3. The molecule has 0 spiro atoms. The van der Waals surface area contributed by atoms with Gasteiger partial charge >= 0.3 is 0 Å². The Hall–Kier alpha value is -1.05. The van der Waals surface area contributed by atoms with Crippen molar-refractivity contribution < 1.29 is 14.6 Å². The van der Waals surface area contributed by atoms with Crippen molar-refractivity contribution in [2.75, 3.05) is 26.4 Å². The second-order valence-corrected chi connectivity index (χ2v) is 3.81. The van der Waals surface area contributed by atoms with Crippen LogP contribution in [-0.2, 0) is 4.74 Å². The smallest absolute Gasteiger partial charge is 0.275 e. The number of aromatic nitrogens is 2. The van der Waals surface area contributed by atoms with Crippen LogP contribution in [-0.4, -0.2) is 57.9 Å². The van der Waals surface area contributed by atoms with Gasteiger partial charge < -0.3 is 14.7 Å². The first kappa shape index (κ1) is 10.5. The Morgan fingerprint density at radius 3 is 3.33 bits per heavy atom. The third kappa shape index (κ3) is 2.14. The van der Waals surface area contributed by atoms with E-state index in [-0.39, 0.29) is 18.6 Å². The number of ether oxygens (including phenoxy) is 1. The summed E-state index contributed by atoms with van der Waals surface area (Å²) in [6.07, 6.45) is 0. The fourth-order valence-electron chi connectivity index (χ4n) is 1.48. The molecule has 1 aromatic rings. The van der Waals surface area contributed by atoms with Crippen molar-refractivity contribution in [3.63, 3.8) is 0 Å². The number of aliphatic hydroxyl groups is 1. The van der Waals surface area contributed by atoms with Crippen LogP contribution in [0.2, 0.25) is 0 Å². The van der Waals surface area contributed by atoms with Gasteiger partial charge in [-0.3, -0.25) is 4.79 Å². The van der Waals surface area contributed by atoms with Crippen LogP contribution in [0.25, 0.3) is 0 Å². The molecule has 0 aromatic carbocycles. The number of aliphatic hydroxyl groups excluding tert-OH is 1. The van der Waals surface area contributed by atoms with Crippen molar-refractivity contribution >= 4 is 17.4 Å². The second-order valence-electron chi connectivity index (χ2n) is 3.20. The third-order valence-electron chi connectivity index (χ3n) is 2.28. The Morgan fingerprint density at radius 2 is 2.67 bits per heavy atom. The molecule has 0 radical (unpaired) electrons. The van der Waals surface area contributed by atoms with Crippen LogP contribution in [0.4, 0.5) is 0 Å². The third-order valence-corrected chi connectivity index (χ3v) is 2.78. The average molecular weight is 229 g/mol. The lowest BCUT2D eigenvalue weighted by molar-refractivity contribution is -0.0186. The quantitative estimate of drug-likeness (QED) is 0.731. The van der Waals surface area contributed by atoms with E-state index in [1.807, 2.05) is 0 Å². The minimum atomic E-state index is -0.270. The summed E-state index contributed by atoms with van der Waals surface area (Å²) in [7, 11) is 0. The lowest BCUT2D eigenvalue weighted by atomic mass is 10.2. The lowest BCUT2D eigenvalue weighted by Crippen LogP contribution is -2.50.